The zero-order valence-corrected chi connectivity index (χ0v) is 9.73. The molecule has 0 amide bonds. The molecule has 0 spiro atoms. The van der Waals surface area contributed by atoms with Gasteiger partial charge < -0.3 is 4.74 Å². The maximum absolute atomic E-state index is 12.0. The van der Waals surface area contributed by atoms with Crippen LogP contribution in [0, 0.1) is 17.8 Å². The number of carbonyl (C=O) groups is 1. The van der Waals surface area contributed by atoms with E-state index in [2.05, 4.69) is 12.2 Å². The molecule has 16 heavy (non-hydrogen) atoms. The van der Waals surface area contributed by atoms with Gasteiger partial charge in [0.15, 0.2) is 0 Å². The third kappa shape index (κ3) is 1.90. The van der Waals surface area contributed by atoms with E-state index < -0.39 is 0 Å². The quantitative estimate of drug-likeness (QED) is 0.528. The van der Waals surface area contributed by atoms with E-state index in [0.717, 1.165) is 19.3 Å². The van der Waals surface area contributed by atoms with E-state index in [1.54, 1.807) is 0 Å². The first-order valence-corrected chi connectivity index (χ1v) is 6.72. The Labute approximate surface area is 97.1 Å². The highest BCUT2D eigenvalue weighted by Gasteiger charge is 2.41. The van der Waals surface area contributed by atoms with Crippen molar-refractivity contribution >= 4 is 5.97 Å². The molecule has 2 saturated carbocycles. The fraction of sp³-hybridized carbons (Fsp3) is 0.786. The molecule has 2 bridgehead atoms. The average Bonchev–Trinajstić information content (AvgIpc) is 2.92. The highest BCUT2D eigenvalue weighted by molar-refractivity contribution is 5.74. The van der Waals surface area contributed by atoms with Gasteiger partial charge in [0.25, 0.3) is 0 Å². The molecule has 3 unspecified atom stereocenters. The van der Waals surface area contributed by atoms with E-state index in [-0.39, 0.29) is 18.0 Å². The number of rotatable bonds is 2. The first-order valence-electron chi connectivity index (χ1n) is 6.72. The van der Waals surface area contributed by atoms with Gasteiger partial charge in [-0.3, -0.25) is 4.79 Å². The standard InChI is InChI=1S/C14H20O2/c15-14(16-12-4-2-1-3-5-12)13-9-10-6-7-11(13)8-10/h6-7,10-13H,1-5,8-9H2. The van der Waals surface area contributed by atoms with E-state index in [9.17, 15) is 4.79 Å². The van der Waals surface area contributed by atoms with Crippen LogP contribution in [-0.4, -0.2) is 12.1 Å². The van der Waals surface area contributed by atoms with Crippen molar-refractivity contribution in [2.45, 2.75) is 51.0 Å². The van der Waals surface area contributed by atoms with Crippen molar-refractivity contribution in [1.82, 2.24) is 0 Å². The van der Waals surface area contributed by atoms with Crippen LogP contribution in [0.15, 0.2) is 12.2 Å². The maximum atomic E-state index is 12.0. The Balaban J connectivity index is 1.55. The lowest BCUT2D eigenvalue weighted by Gasteiger charge is -2.25. The molecule has 0 aromatic carbocycles. The molecule has 3 aliphatic rings. The van der Waals surface area contributed by atoms with Crippen LogP contribution in [0.2, 0.25) is 0 Å². The van der Waals surface area contributed by atoms with Crippen molar-refractivity contribution in [3.63, 3.8) is 0 Å². The second-order valence-corrected chi connectivity index (χ2v) is 5.58. The lowest BCUT2D eigenvalue weighted by molar-refractivity contribution is -0.156. The Morgan fingerprint density at radius 2 is 1.88 bits per heavy atom. The van der Waals surface area contributed by atoms with Crippen LogP contribution in [0.5, 0.6) is 0 Å². The third-order valence-corrected chi connectivity index (χ3v) is 4.42. The fourth-order valence-corrected chi connectivity index (χ4v) is 3.49. The van der Waals surface area contributed by atoms with Crippen LogP contribution < -0.4 is 0 Å². The van der Waals surface area contributed by atoms with Gasteiger partial charge in [0.1, 0.15) is 6.10 Å². The Kier molecular flexibility index (Phi) is 2.74. The number of ether oxygens (including phenoxy) is 1. The Bertz CT molecular complexity index is 302. The summed E-state index contributed by atoms with van der Waals surface area (Å²) in [5.74, 6) is 1.41. The molecule has 0 N–H and O–H groups in total. The SMILES string of the molecule is O=C(OC1CCCCC1)C1CC2C=CC1C2. The number of hydrogen-bond donors (Lipinski definition) is 0. The summed E-state index contributed by atoms with van der Waals surface area (Å²) >= 11 is 0. The molecule has 3 aliphatic carbocycles. The van der Waals surface area contributed by atoms with Gasteiger partial charge in [-0.2, -0.15) is 0 Å². The number of allylic oxidation sites excluding steroid dienone is 2. The molecule has 0 radical (unpaired) electrons. The van der Waals surface area contributed by atoms with E-state index in [4.69, 9.17) is 4.74 Å². The van der Waals surface area contributed by atoms with Gasteiger partial charge in [0.05, 0.1) is 5.92 Å². The molecule has 0 aromatic heterocycles. The smallest absolute Gasteiger partial charge is 0.309 e. The van der Waals surface area contributed by atoms with Crippen molar-refractivity contribution in [3.05, 3.63) is 12.2 Å². The highest BCUT2D eigenvalue weighted by Crippen LogP contribution is 2.44. The normalized spacial score (nSPS) is 37.9. The first kappa shape index (κ1) is 10.4. The summed E-state index contributed by atoms with van der Waals surface area (Å²) in [5, 5.41) is 0. The van der Waals surface area contributed by atoms with Gasteiger partial charge in [0.2, 0.25) is 0 Å². The zero-order valence-electron chi connectivity index (χ0n) is 9.73. The maximum Gasteiger partial charge on any atom is 0.309 e. The van der Waals surface area contributed by atoms with Gasteiger partial charge in [-0.05, 0) is 50.4 Å². The van der Waals surface area contributed by atoms with E-state index in [1.807, 2.05) is 0 Å². The number of fused-ring (bicyclic) bond motifs is 2. The molecule has 88 valence electrons. The highest BCUT2D eigenvalue weighted by atomic mass is 16.5. The van der Waals surface area contributed by atoms with Crippen molar-refractivity contribution in [3.8, 4) is 0 Å². The summed E-state index contributed by atoms with van der Waals surface area (Å²) in [6.07, 6.45) is 12.9. The summed E-state index contributed by atoms with van der Waals surface area (Å²) in [7, 11) is 0. The number of carbonyl (C=O) groups excluding carboxylic acids is 1. The van der Waals surface area contributed by atoms with Gasteiger partial charge in [-0.15, -0.1) is 0 Å². The first-order chi connectivity index (χ1) is 7.83. The molecule has 2 fully saturated rings. The second kappa shape index (κ2) is 4.23. The molecule has 0 saturated heterocycles. The van der Waals surface area contributed by atoms with Crippen LogP contribution >= 0.6 is 0 Å². The largest absolute Gasteiger partial charge is 0.462 e. The van der Waals surface area contributed by atoms with Crippen molar-refractivity contribution in [2.75, 3.05) is 0 Å². The van der Waals surface area contributed by atoms with Crippen molar-refractivity contribution in [1.29, 1.82) is 0 Å². The zero-order chi connectivity index (χ0) is 11.0. The van der Waals surface area contributed by atoms with Crippen LogP contribution in [0.25, 0.3) is 0 Å². The van der Waals surface area contributed by atoms with Crippen LogP contribution in [0.3, 0.4) is 0 Å². The molecule has 0 aliphatic heterocycles. The third-order valence-electron chi connectivity index (χ3n) is 4.42. The van der Waals surface area contributed by atoms with Crippen LogP contribution in [-0.2, 0) is 9.53 Å². The van der Waals surface area contributed by atoms with Crippen LogP contribution in [0.1, 0.15) is 44.9 Å². The lowest BCUT2D eigenvalue weighted by Crippen LogP contribution is -2.28. The van der Waals surface area contributed by atoms with E-state index >= 15 is 0 Å². The Morgan fingerprint density at radius 3 is 2.50 bits per heavy atom. The van der Waals surface area contributed by atoms with Crippen molar-refractivity contribution in [2.24, 2.45) is 17.8 Å². The molecular weight excluding hydrogens is 200 g/mol. The summed E-state index contributed by atoms with van der Waals surface area (Å²) in [4.78, 5) is 12.0. The van der Waals surface area contributed by atoms with Gasteiger partial charge in [-0.25, -0.2) is 0 Å². The Morgan fingerprint density at radius 1 is 1.06 bits per heavy atom. The molecule has 2 heteroatoms. The Hall–Kier alpha value is -0.790. The second-order valence-electron chi connectivity index (χ2n) is 5.58. The molecule has 3 atom stereocenters. The van der Waals surface area contributed by atoms with E-state index in [0.29, 0.717) is 11.8 Å². The molecule has 0 aromatic rings. The van der Waals surface area contributed by atoms with Gasteiger partial charge >= 0.3 is 5.97 Å². The van der Waals surface area contributed by atoms with Gasteiger partial charge in [0, 0.05) is 0 Å². The summed E-state index contributed by atoms with van der Waals surface area (Å²) < 4.78 is 5.66. The van der Waals surface area contributed by atoms with Crippen molar-refractivity contribution < 1.29 is 9.53 Å². The molecular formula is C14H20O2. The number of esters is 1. The lowest BCUT2D eigenvalue weighted by atomic mass is 9.93. The minimum atomic E-state index is 0.0868. The van der Waals surface area contributed by atoms with E-state index in [1.165, 1.54) is 25.7 Å². The van der Waals surface area contributed by atoms with Crippen LogP contribution in [0.4, 0.5) is 0 Å². The van der Waals surface area contributed by atoms with Gasteiger partial charge in [-0.1, -0.05) is 18.6 Å². The monoisotopic (exact) mass is 220 g/mol. The average molecular weight is 220 g/mol. The minimum absolute atomic E-state index is 0.0868. The predicted octanol–water partition coefficient (Wildman–Crippen LogP) is 3.07. The predicted molar refractivity (Wildman–Crippen MR) is 61.8 cm³/mol. The summed E-state index contributed by atoms with van der Waals surface area (Å²) in [6.45, 7) is 0. The minimum Gasteiger partial charge on any atom is -0.462 e. The molecule has 3 rings (SSSR count). The molecule has 2 nitrogen and oxygen atoms in total. The summed E-state index contributed by atoms with van der Waals surface area (Å²) in [6, 6.07) is 0. The summed E-state index contributed by atoms with van der Waals surface area (Å²) in [5.41, 5.74) is 0. The fourth-order valence-electron chi connectivity index (χ4n) is 3.49. The number of hydrogen-bond acceptors (Lipinski definition) is 2. The topological polar surface area (TPSA) is 26.3 Å². The molecule has 0 heterocycles.